The largest absolute Gasteiger partial charge is 0.480 e. The van der Waals surface area contributed by atoms with Crippen LogP contribution in [0.3, 0.4) is 0 Å². The van der Waals surface area contributed by atoms with Gasteiger partial charge in [0.2, 0.25) is 0 Å². The van der Waals surface area contributed by atoms with Crippen LogP contribution in [0.25, 0.3) is 0 Å². The van der Waals surface area contributed by atoms with Gasteiger partial charge in [0.15, 0.2) is 5.78 Å². The third-order valence-corrected chi connectivity index (χ3v) is 2.71. The predicted molar refractivity (Wildman–Crippen MR) is 58.5 cm³/mol. The monoisotopic (exact) mass is 233 g/mol. The van der Waals surface area contributed by atoms with Crippen LogP contribution in [0.2, 0.25) is 0 Å². The number of aliphatic carboxylic acids is 1. The van der Waals surface area contributed by atoms with Gasteiger partial charge < -0.3 is 10.0 Å². The Labute approximate surface area is 97.7 Å². The van der Waals surface area contributed by atoms with Crippen molar-refractivity contribution < 1.29 is 19.5 Å². The lowest BCUT2D eigenvalue weighted by Gasteiger charge is -2.20. The number of amides is 1. The molecule has 0 saturated carbocycles. The summed E-state index contributed by atoms with van der Waals surface area (Å²) in [5, 5.41) is 8.95. The summed E-state index contributed by atoms with van der Waals surface area (Å²) in [5.74, 6) is -1.77. The van der Waals surface area contributed by atoms with E-state index in [1.54, 1.807) is 30.3 Å². The number of Topliss-reactive ketones (excluding diaryl/α,β-unsaturated/α-hetero) is 1. The Morgan fingerprint density at radius 2 is 1.88 bits per heavy atom. The Hall–Kier alpha value is -2.17. The van der Waals surface area contributed by atoms with E-state index in [1.165, 1.54) is 0 Å². The molecule has 1 aromatic carbocycles. The fourth-order valence-corrected chi connectivity index (χ4v) is 1.87. The Morgan fingerprint density at radius 1 is 1.24 bits per heavy atom. The summed E-state index contributed by atoms with van der Waals surface area (Å²) < 4.78 is 0. The first kappa shape index (κ1) is 11.3. The Morgan fingerprint density at radius 3 is 2.47 bits per heavy atom. The van der Waals surface area contributed by atoms with E-state index in [0.29, 0.717) is 5.56 Å². The molecule has 0 aliphatic carbocycles. The van der Waals surface area contributed by atoms with E-state index in [-0.39, 0.29) is 18.7 Å². The number of carbonyl (C=O) groups excluding carboxylic acids is 2. The van der Waals surface area contributed by atoms with Crippen molar-refractivity contribution in [3.63, 3.8) is 0 Å². The first-order valence-corrected chi connectivity index (χ1v) is 5.20. The number of carboxylic acids is 1. The second-order valence-electron chi connectivity index (χ2n) is 3.90. The molecule has 0 spiro atoms. The number of ketones is 1. The molecule has 2 rings (SSSR count). The van der Waals surface area contributed by atoms with Gasteiger partial charge in [-0.1, -0.05) is 18.2 Å². The Bertz CT molecular complexity index is 469. The summed E-state index contributed by atoms with van der Waals surface area (Å²) in [4.78, 5) is 35.3. The van der Waals surface area contributed by atoms with Crippen molar-refractivity contribution in [2.24, 2.45) is 0 Å². The van der Waals surface area contributed by atoms with Gasteiger partial charge in [-0.05, 0) is 12.1 Å². The second kappa shape index (κ2) is 4.37. The van der Waals surface area contributed by atoms with Crippen molar-refractivity contribution in [1.29, 1.82) is 0 Å². The van der Waals surface area contributed by atoms with Gasteiger partial charge in [0.25, 0.3) is 5.91 Å². The third kappa shape index (κ3) is 2.18. The van der Waals surface area contributed by atoms with Crippen molar-refractivity contribution in [2.45, 2.75) is 12.5 Å². The molecular weight excluding hydrogens is 222 g/mol. The molecule has 1 aliphatic rings. The molecule has 1 aromatic rings. The highest BCUT2D eigenvalue weighted by Crippen LogP contribution is 2.18. The van der Waals surface area contributed by atoms with Gasteiger partial charge in [-0.3, -0.25) is 9.59 Å². The van der Waals surface area contributed by atoms with E-state index in [2.05, 4.69) is 0 Å². The smallest absolute Gasteiger partial charge is 0.326 e. The summed E-state index contributed by atoms with van der Waals surface area (Å²) >= 11 is 0. The average molecular weight is 233 g/mol. The lowest BCUT2D eigenvalue weighted by Crippen LogP contribution is -2.40. The minimum absolute atomic E-state index is 0.103. The molecule has 1 heterocycles. The number of nitrogens with zero attached hydrogens (tertiary/aromatic N) is 1. The van der Waals surface area contributed by atoms with E-state index in [0.717, 1.165) is 4.90 Å². The molecule has 1 amide bonds. The molecule has 88 valence electrons. The molecule has 0 radical (unpaired) electrons. The van der Waals surface area contributed by atoms with E-state index >= 15 is 0 Å². The summed E-state index contributed by atoms with van der Waals surface area (Å²) in [7, 11) is 0. The van der Waals surface area contributed by atoms with Gasteiger partial charge in [-0.2, -0.15) is 0 Å². The van der Waals surface area contributed by atoms with Crippen LogP contribution in [-0.4, -0.2) is 40.3 Å². The van der Waals surface area contributed by atoms with Crippen LogP contribution in [0.15, 0.2) is 30.3 Å². The Balaban J connectivity index is 2.25. The van der Waals surface area contributed by atoms with Crippen LogP contribution >= 0.6 is 0 Å². The number of likely N-dealkylation sites (tertiary alicyclic amines) is 1. The maximum atomic E-state index is 12.0. The fourth-order valence-electron chi connectivity index (χ4n) is 1.87. The van der Waals surface area contributed by atoms with Crippen LogP contribution in [0.5, 0.6) is 0 Å². The van der Waals surface area contributed by atoms with Crippen LogP contribution in [0.4, 0.5) is 0 Å². The molecule has 1 fully saturated rings. The lowest BCUT2D eigenvalue weighted by atomic mass is 10.1. The Kier molecular flexibility index (Phi) is 2.91. The highest BCUT2D eigenvalue weighted by molar-refractivity contribution is 6.02. The number of hydrogen-bond acceptors (Lipinski definition) is 3. The first-order valence-electron chi connectivity index (χ1n) is 5.20. The highest BCUT2D eigenvalue weighted by atomic mass is 16.4. The normalized spacial score (nSPS) is 19.4. The third-order valence-electron chi connectivity index (χ3n) is 2.71. The van der Waals surface area contributed by atoms with E-state index in [4.69, 9.17) is 5.11 Å². The molecule has 5 heteroatoms. The highest BCUT2D eigenvalue weighted by Gasteiger charge is 2.38. The number of carboxylic acid groups (broad SMARTS) is 1. The van der Waals surface area contributed by atoms with Gasteiger partial charge in [0.1, 0.15) is 6.04 Å². The molecule has 0 bridgehead atoms. The van der Waals surface area contributed by atoms with Crippen LogP contribution < -0.4 is 0 Å². The van der Waals surface area contributed by atoms with Gasteiger partial charge in [0.05, 0.1) is 6.54 Å². The maximum absolute atomic E-state index is 12.0. The number of carbonyl (C=O) groups is 3. The van der Waals surface area contributed by atoms with E-state index in [1.807, 2.05) is 0 Å². The number of rotatable bonds is 2. The molecule has 5 nitrogen and oxygen atoms in total. The number of hydrogen-bond donors (Lipinski definition) is 1. The minimum Gasteiger partial charge on any atom is -0.480 e. The molecule has 1 N–H and O–H groups in total. The van der Waals surface area contributed by atoms with Crippen molar-refractivity contribution in [3.05, 3.63) is 35.9 Å². The van der Waals surface area contributed by atoms with Gasteiger partial charge in [-0.25, -0.2) is 4.79 Å². The molecule has 0 aromatic heterocycles. The zero-order valence-corrected chi connectivity index (χ0v) is 9.00. The minimum atomic E-state index is -1.14. The summed E-state index contributed by atoms with van der Waals surface area (Å²) in [6, 6.07) is 7.33. The lowest BCUT2D eigenvalue weighted by molar-refractivity contribution is -0.141. The average Bonchev–Trinajstić information content (AvgIpc) is 2.72. The first-order chi connectivity index (χ1) is 8.09. The van der Waals surface area contributed by atoms with Gasteiger partial charge in [-0.15, -0.1) is 0 Å². The topological polar surface area (TPSA) is 74.7 Å². The quantitative estimate of drug-likeness (QED) is 0.809. The zero-order chi connectivity index (χ0) is 12.4. The SMILES string of the molecule is O=C1C[C@@H](C(=O)O)N(C(=O)c2ccccc2)C1. The van der Waals surface area contributed by atoms with Crippen molar-refractivity contribution in [1.82, 2.24) is 4.90 Å². The number of benzene rings is 1. The molecule has 0 unspecified atom stereocenters. The van der Waals surface area contributed by atoms with Crippen LogP contribution in [0.1, 0.15) is 16.8 Å². The standard InChI is InChI=1S/C12H11NO4/c14-9-6-10(12(16)17)13(7-9)11(15)8-4-2-1-3-5-8/h1-5,10H,6-7H2,(H,16,17)/t10-/m0/s1. The summed E-state index contributed by atoms with van der Waals surface area (Å²) in [5.41, 5.74) is 0.397. The second-order valence-corrected chi connectivity index (χ2v) is 3.90. The van der Waals surface area contributed by atoms with E-state index in [9.17, 15) is 14.4 Å². The molecular formula is C12H11NO4. The van der Waals surface area contributed by atoms with Crippen molar-refractivity contribution >= 4 is 17.7 Å². The van der Waals surface area contributed by atoms with E-state index < -0.39 is 17.9 Å². The maximum Gasteiger partial charge on any atom is 0.326 e. The molecule has 17 heavy (non-hydrogen) atoms. The van der Waals surface area contributed by atoms with Gasteiger partial charge >= 0.3 is 5.97 Å². The molecule has 1 saturated heterocycles. The van der Waals surface area contributed by atoms with Crippen LogP contribution in [-0.2, 0) is 9.59 Å². The molecule has 1 atom stereocenters. The van der Waals surface area contributed by atoms with Crippen molar-refractivity contribution in [2.75, 3.05) is 6.54 Å². The molecule has 1 aliphatic heterocycles. The van der Waals surface area contributed by atoms with Gasteiger partial charge in [0, 0.05) is 12.0 Å². The predicted octanol–water partition coefficient (Wildman–Crippen LogP) is 0.555. The van der Waals surface area contributed by atoms with Crippen molar-refractivity contribution in [3.8, 4) is 0 Å². The van der Waals surface area contributed by atoms with Crippen LogP contribution in [0, 0.1) is 0 Å². The fraction of sp³-hybridized carbons (Fsp3) is 0.250. The summed E-state index contributed by atoms with van der Waals surface area (Å²) in [6.07, 6.45) is -0.103. The summed E-state index contributed by atoms with van der Waals surface area (Å²) in [6.45, 7) is -0.120. The zero-order valence-electron chi connectivity index (χ0n) is 9.00.